The van der Waals surface area contributed by atoms with Crippen molar-refractivity contribution >= 4 is 0 Å². The molecule has 19 heavy (non-hydrogen) atoms. The largest absolute Gasteiger partial charge is 0.395 e. The second kappa shape index (κ2) is 8.34. The van der Waals surface area contributed by atoms with Gasteiger partial charge in [0.05, 0.1) is 6.61 Å². The van der Waals surface area contributed by atoms with Crippen molar-refractivity contribution in [1.29, 1.82) is 0 Å². The van der Waals surface area contributed by atoms with Crippen molar-refractivity contribution in [3.63, 3.8) is 0 Å². The minimum absolute atomic E-state index is 0.229. The molecule has 1 aromatic rings. The van der Waals surface area contributed by atoms with Crippen LogP contribution in [0.3, 0.4) is 0 Å². The van der Waals surface area contributed by atoms with Crippen LogP contribution in [0.25, 0.3) is 0 Å². The van der Waals surface area contributed by atoms with E-state index >= 15 is 0 Å². The van der Waals surface area contributed by atoms with Gasteiger partial charge in [-0.25, -0.2) is 0 Å². The van der Waals surface area contributed by atoms with Gasteiger partial charge in [0.2, 0.25) is 0 Å². The molecule has 0 aliphatic rings. The van der Waals surface area contributed by atoms with Crippen LogP contribution in [-0.2, 0) is 6.42 Å². The molecule has 108 valence electrons. The molecule has 1 rings (SSSR count). The van der Waals surface area contributed by atoms with E-state index in [9.17, 15) is 5.11 Å². The zero-order valence-corrected chi connectivity index (χ0v) is 12.8. The van der Waals surface area contributed by atoms with Crippen molar-refractivity contribution in [3.05, 3.63) is 35.4 Å². The Balaban J connectivity index is 2.36. The van der Waals surface area contributed by atoms with Crippen molar-refractivity contribution in [1.82, 2.24) is 5.32 Å². The molecular weight excluding hydrogens is 234 g/mol. The number of hydrogen-bond donors (Lipinski definition) is 2. The predicted molar refractivity (Wildman–Crippen MR) is 82.4 cm³/mol. The Morgan fingerprint density at radius 1 is 1.21 bits per heavy atom. The molecule has 2 nitrogen and oxygen atoms in total. The van der Waals surface area contributed by atoms with E-state index in [0.717, 1.165) is 19.3 Å². The molecule has 0 aliphatic heterocycles. The predicted octanol–water partition coefficient (Wildman–Crippen LogP) is 3.31. The van der Waals surface area contributed by atoms with Gasteiger partial charge in [-0.2, -0.15) is 0 Å². The fourth-order valence-electron chi connectivity index (χ4n) is 2.50. The van der Waals surface area contributed by atoms with Gasteiger partial charge in [-0.15, -0.1) is 0 Å². The molecule has 2 N–H and O–H groups in total. The second-order valence-corrected chi connectivity index (χ2v) is 6.10. The average Bonchev–Trinajstić information content (AvgIpc) is 2.35. The number of hydrogen-bond acceptors (Lipinski definition) is 2. The summed E-state index contributed by atoms with van der Waals surface area (Å²) in [5.41, 5.74) is 2.73. The van der Waals surface area contributed by atoms with E-state index in [0.29, 0.717) is 12.0 Å². The van der Waals surface area contributed by atoms with Crippen LogP contribution in [0.4, 0.5) is 0 Å². The van der Waals surface area contributed by atoms with E-state index in [1.165, 1.54) is 11.1 Å². The third-order valence-corrected chi connectivity index (χ3v) is 3.45. The number of benzene rings is 1. The molecule has 0 radical (unpaired) electrons. The zero-order chi connectivity index (χ0) is 14.3. The van der Waals surface area contributed by atoms with Crippen molar-refractivity contribution in [2.45, 2.75) is 59.0 Å². The molecule has 2 atom stereocenters. The van der Waals surface area contributed by atoms with Crippen LogP contribution in [0.1, 0.15) is 44.7 Å². The third-order valence-electron chi connectivity index (χ3n) is 3.45. The molecule has 0 heterocycles. The SMILES string of the molecule is Cc1cccc(CCC(C)NC(CO)CC(C)C)c1. The maximum atomic E-state index is 9.38. The smallest absolute Gasteiger partial charge is 0.0584 e. The summed E-state index contributed by atoms with van der Waals surface area (Å²) in [6.45, 7) is 8.96. The molecule has 0 fully saturated rings. The van der Waals surface area contributed by atoms with E-state index in [1.54, 1.807) is 0 Å². The van der Waals surface area contributed by atoms with Gasteiger partial charge in [0.1, 0.15) is 0 Å². The van der Waals surface area contributed by atoms with Crippen LogP contribution in [0.5, 0.6) is 0 Å². The van der Waals surface area contributed by atoms with E-state index in [-0.39, 0.29) is 12.6 Å². The normalized spacial score (nSPS) is 14.6. The first-order valence-corrected chi connectivity index (χ1v) is 7.43. The summed E-state index contributed by atoms with van der Waals surface area (Å²) in [6.07, 6.45) is 3.24. The van der Waals surface area contributed by atoms with Gasteiger partial charge in [-0.05, 0) is 44.6 Å². The van der Waals surface area contributed by atoms with Crippen LogP contribution in [0, 0.1) is 12.8 Å². The number of aryl methyl sites for hydroxylation is 2. The molecule has 1 aromatic carbocycles. The maximum Gasteiger partial charge on any atom is 0.0584 e. The summed E-state index contributed by atoms with van der Waals surface area (Å²) in [5, 5.41) is 12.9. The lowest BCUT2D eigenvalue weighted by molar-refractivity contribution is 0.213. The minimum Gasteiger partial charge on any atom is -0.395 e. The summed E-state index contributed by atoms with van der Waals surface area (Å²) in [4.78, 5) is 0. The summed E-state index contributed by atoms with van der Waals surface area (Å²) in [6, 6.07) is 9.37. The fourth-order valence-corrected chi connectivity index (χ4v) is 2.50. The fraction of sp³-hybridized carbons (Fsp3) is 0.647. The number of nitrogens with one attached hydrogen (secondary N) is 1. The Morgan fingerprint density at radius 2 is 1.95 bits per heavy atom. The Kier molecular flexibility index (Phi) is 7.11. The van der Waals surface area contributed by atoms with Crippen LogP contribution in [0.15, 0.2) is 24.3 Å². The Morgan fingerprint density at radius 3 is 2.53 bits per heavy atom. The van der Waals surface area contributed by atoms with E-state index < -0.39 is 0 Å². The first-order chi connectivity index (χ1) is 9.01. The highest BCUT2D eigenvalue weighted by molar-refractivity contribution is 5.22. The van der Waals surface area contributed by atoms with Crippen molar-refractivity contribution in [2.75, 3.05) is 6.61 Å². The van der Waals surface area contributed by atoms with Crippen molar-refractivity contribution in [2.24, 2.45) is 5.92 Å². The van der Waals surface area contributed by atoms with Crippen LogP contribution >= 0.6 is 0 Å². The van der Waals surface area contributed by atoms with Gasteiger partial charge in [0.25, 0.3) is 0 Å². The minimum atomic E-state index is 0.229. The average molecular weight is 263 g/mol. The van der Waals surface area contributed by atoms with Gasteiger partial charge < -0.3 is 10.4 Å². The maximum absolute atomic E-state index is 9.38. The topological polar surface area (TPSA) is 32.3 Å². The van der Waals surface area contributed by atoms with Crippen LogP contribution < -0.4 is 5.32 Å². The highest BCUT2D eigenvalue weighted by Gasteiger charge is 2.12. The first-order valence-electron chi connectivity index (χ1n) is 7.43. The van der Waals surface area contributed by atoms with Gasteiger partial charge in [-0.1, -0.05) is 43.7 Å². The first kappa shape index (κ1) is 16.2. The lowest BCUT2D eigenvalue weighted by Gasteiger charge is -2.23. The molecule has 0 saturated carbocycles. The molecule has 0 bridgehead atoms. The van der Waals surface area contributed by atoms with E-state index in [2.05, 4.69) is 57.3 Å². The summed E-state index contributed by atoms with van der Waals surface area (Å²) < 4.78 is 0. The summed E-state index contributed by atoms with van der Waals surface area (Å²) in [7, 11) is 0. The molecule has 0 saturated heterocycles. The molecule has 0 aromatic heterocycles. The van der Waals surface area contributed by atoms with Gasteiger partial charge in [-0.3, -0.25) is 0 Å². The Hall–Kier alpha value is -0.860. The molecule has 2 heteroatoms. The molecule has 0 spiro atoms. The van der Waals surface area contributed by atoms with E-state index in [4.69, 9.17) is 0 Å². The van der Waals surface area contributed by atoms with Crippen molar-refractivity contribution in [3.8, 4) is 0 Å². The Bertz CT molecular complexity index is 362. The standard InChI is InChI=1S/C17H29NO/c1-13(2)10-17(12-19)18-15(4)8-9-16-7-5-6-14(3)11-16/h5-7,11,13,15,17-19H,8-10,12H2,1-4H3. The monoisotopic (exact) mass is 263 g/mol. The molecular formula is C17H29NO. The van der Waals surface area contributed by atoms with E-state index in [1.807, 2.05) is 0 Å². The van der Waals surface area contributed by atoms with Gasteiger partial charge >= 0.3 is 0 Å². The molecule has 2 unspecified atom stereocenters. The number of rotatable bonds is 8. The lowest BCUT2D eigenvalue weighted by Crippen LogP contribution is -2.40. The number of aliphatic hydroxyl groups excluding tert-OH is 1. The van der Waals surface area contributed by atoms with Crippen LogP contribution in [-0.4, -0.2) is 23.8 Å². The van der Waals surface area contributed by atoms with Crippen molar-refractivity contribution < 1.29 is 5.11 Å². The van der Waals surface area contributed by atoms with Gasteiger partial charge in [0, 0.05) is 12.1 Å². The highest BCUT2D eigenvalue weighted by atomic mass is 16.3. The lowest BCUT2D eigenvalue weighted by atomic mass is 10.0. The number of aliphatic hydroxyl groups is 1. The quantitative estimate of drug-likeness (QED) is 0.754. The summed E-state index contributed by atoms with van der Waals surface area (Å²) >= 11 is 0. The molecule has 0 aliphatic carbocycles. The zero-order valence-electron chi connectivity index (χ0n) is 12.8. The Labute approximate surface area is 118 Å². The van der Waals surface area contributed by atoms with Gasteiger partial charge in [0.15, 0.2) is 0 Å². The molecule has 0 amide bonds. The second-order valence-electron chi connectivity index (χ2n) is 6.10. The highest BCUT2D eigenvalue weighted by Crippen LogP contribution is 2.10. The summed E-state index contributed by atoms with van der Waals surface area (Å²) in [5.74, 6) is 0.619. The third kappa shape index (κ3) is 6.74. The van der Waals surface area contributed by atoms with Crippen LogP contribution in [0.2, 0.25) is 0 Å².